The molecule has 0 radical (unpaired) electrons. The van der Waals surface area contributed by atoms with Gasteiger partial charge in [0.25, 0.3) is 0 Å². The summed E-state index contributed by atoms with van der Waals surface area (Å²) in [6, 6.07) is -2.16. The molecule has 140 valence electrons. The van der Waals surface area contributed by atoms with Crippen LogP contribution in [0.25, 0.3) is 0 Å². The van der Waals surface area contributed by atoms with Crippen molar-refractivity contribution in [3.05, 3.63) is 0 Å². The quantitative estimate of drug-likeness (QED) is 0.210. The van der Waals surface area contributed by atoms with E-state index in [2.05, 4.69) is 20.2 Å². The molecular formula is C13H24K2N3O7P. The second-order valence-electron chi connectivity index (χ2n) is 5.55. The maximum atomic E-state index is 12.2. The second kappa shape index (κ2) is 16.6. The Balaban J connectivity index is -0.00000264. The summed E-state index contributed by atoms with van der Waals surface area (Å²) in [4.78, 5) is 45.8. The number of carbonyl (C=O) groups excluding carboxylic acids is 3. The Bertz CT molecular complexity index is 508. The Kier molecular flexibility index (Phi) is 20.7. The van der Waals surface area contributed by atoms with Gasteiger partial charge in [-0.3, -0.25) is 14.2 Å². The van der Waals surface area contributed by atoms with Gasteiger partial charge in [0.1, 0.15) is 6.04 Å². The number of aliphatic carboxylic acids is 1. The second-order valence-corrected chi connectivity index (χ2v) is 7.06. The molecule has 0 aromatic heterocycles. The van der Waals surface area contributed by atoms with E-state index in [9.17, 15) is 28.9 Å². The summed E-state index contributed by atoms with van der Waals surface area (Å²) in [7, 11) is -4.40. The van der Waals surface area contributed by atoms with Crippen molar-refractivity contribution >= 4 is 25.5 Å². The van der Waals surface area contributed by atoms with Crippen molar-refractivity contribution in [1.82, 2.24) is 15.7 Å². The zero-order chi connectivity index (χ0) is 18.9. The molecule has 0 spiro atoms. The summed E-state index contributed by atoms with van der Waals surface area (Å²) in [5, 5.41) is 16.8. The molecule has 0 fully saturated rings. The molecular weight excluding hydrogens is 419 g/mol. The van der Waals surface area contributed by atoms with Crippen LogP contribution in [0, 0.1) is 5.92 Å². The summed E-state index contributed by atoms with van der Waals surface area (Å²) in [6.45, 7) is 5.67. The van der Waals surface area contributed by atoms with Crippen LogP contribution in [0.2, 0.25) is 0 Å². The molecule has 0 saturated heterocycles. The van der Waals surface area contributed by atoms with Gasteiger partial charge in [-0.15, -0.1) is 0 Å². The Morgan fingerprint density at radius 3 is 2.08 bits per heavy atom. The number of rotatable bonds is 11. The molecule has 0 rings (SSSR count). The predicted molar refractivity (Wildman–Crippen MR) is 81.2 cm³/mol. The van der Waals surface area contributed by atoms with E-state index in [4.69, 9.17) is 0 Å². The monoisotopic (exact) mass is 443 g/mol. The predicted octanol–water partition coefficient (Wildman–Crippen LogP) is -8.13. The molecule has 0 aromatic rings. The molecule has 3 N–H and O–H groups in total. The molecule has 0 aliphatic heterocycles. The smallest absolute Gasteiger partial charge is 0.766 e. The molecule has 0 bridgehead atoms. The average molecular weight is 444 g/mol. The van der Waals surface area contributed by atoms with Crippen LogP contribution in [0.3, 0.4) is 0 Å². The molecule has 2 amide bonds. The first-order valence-electron chi connectivity index (χ1n) is 7.49. The van der Waals surface area contributed by atoms with Crippen LogP contribution >= 0.6 is 7.75 Å². The standard InChI is InChI=1S/C13H26N3O7P.2K/c1-5-23-24(21,22)16-10(6-8(2)3)13(20)15-9(4)12(19)14-7-11(17)18;;/h8-10H,5-7H2,1-4H3,(H,14,19)(H,15,20)(H,17,18)(H2,16,21,22);;/q;2*+1/p-2/t9-,10-;;/m0../s1. The number of nitrogens with one attached hydrogen (secondary N) is 3. The Morgan fingerprint density at radius 2 is 1.65 bits per heavy atom. The first kappa shape index (κ1) is 32.5. The van der Waals surface area contributed by atoms with Crippen LogP contribution in [0.5, 0.6) is 0 Å². The van der Waals surface area contributed by atoms with E-state index in [1.807, 2.05) is 0 Å². The third kappa shape index (κ3) is 15.7. The van der Waals surface area contributed by atoms with Crippen LogP contribution in [0.15, 0.2) is 0 Å². The minimum Gasteiger partial charge on any atom is -0.766 e. The Morgan fingerprint density at radius 1 is 1.12 bits per heavy atom. The third-order valence-corrected chi connectivity index (χ3v) is 4.02. The SMILES string of the molecule is CCOP(=O)([O-])N[C@@H](CC(C)C)C(=O)N[C@@H](C)C(=O)NCC(=O)[O-].[K+].[K+]. The first-order chi connectivity index (χ1) is 11.0. The molecule has 13 heteroatoms. The average Bonchev–Trinajstić information content (AvgIpc) is 2.42. The third-order valence-electron chi connectivity index (χ3n) is 2.80. The number of carboxylic acids is 1. The summed E-state index contributed by atoms with van der Waals surface area (Å²) < 4.78 is 16.3. The van der Waals surface area contributed by atoms with Crippen LogP contribution < -0.4 is 128 Å². The number of hydrogen-bond donors (Lipinski definition) is 3. The fraction of sp³-hybridized carbons (Fsp3) is 0.769. The molecule has 3 atom stereocenters. The van der Waals surface area contributed by atoms with E-state index in [0.717, 1.165) is 0 Å². The fourth-order valence-corrected chi connectivity index (χ4v) is 2.80. The minimum atomic E-state index is -4.40. The van der Waals surface area contributed by atoms with Crippen molar-refractivity contribution in [2.24, 2.45) is 5.92 Å². The zero-order valence-electron chi connectivity index (χ0n) is 16.2. The van der Waals surface area contributed by atoms with E-state index in [0.29, 0.717) is 0 Å². The van der Waals surface area contributed by atoms with Crippen LogP contribution in [-0.2, 0) is 23.5 Å². The van der Waals surface area contributed by atoms with Gasteiger partial charge in [0, 0.05) is 0 Å². The van der Waals surface area contributed by atoms with Gasteiger partial charge in [-0.05, 0) is 26.2 Å². The summed E-state index contributed by atoms with van der Waals surface area (Å²) >= 11 is 0. The van der Waals surface area contributed by atoms with Crippen molar-refractivity contribution in [2.75, 3.05) is 13.2 Å². The maximum Gasteiger partial charge on any atom is 1.00 e. The first-order valence-corrected chi connectivity index (χ1v) is 9.04. The molecule has 0 heterocycles. The summed E-state index contributed by atoms with van der Waals surface area (Å²) in [6.07, 6.45) is 0.193. The van der Waals surface area contributed by atoms with Gasteiger partial charge in [0.2, 0.25) is 19.6 Å². The minimum absolute atomic E-state index is 0. The molecule has 0 aliphatic rings. The number of carboxylic acid groups (broad SMARTS) is 1. The Labute approximate surface area is 238 Å². The van der Waals surface area contributed by atoms with Crippen LogP contribution in [0.1, 0.15) is 34.1 Å². The number of hydrogen-bond acceptors (Lipinski definition) is 7. The van der Waals surface area contributed by atoms with E-state index >= 15 is 0 Å². The van der Waals surface area contributed by atoms with E-state index in [-0.39, 0.29) is 122 Å². The van der Waals surface area contributed by atoms with E-state index in [1.165, 1.54) is 13.8 Å². The van der Waals surface area contributed by atoms with Crippen molar-refractivity contribution in [1.29, 1.82) is 0 Å². The molecule has 1 unspecified atom stereocenters. The normalized spacial score (nSPS) is 14.8. The van der Waals surface area contributed by atoms with Crippen molar-refractivity contribution in [2.45, 2.75) is 46.2 Å². The van der Waals surface area contributed by atoms with Gasteiger partial charge >= 0.3 is 103 Å². The molecule has 0 aromatic carbocycles. The van der Waals surface area contributed by atoms with Gasteiger partial charge < -0.3 is 30.0 Å². The largest absolute Gasteiger partial charge is 1.00 e. The van der Waals surface area contributed by atoms with Crippen LogP contribution in [-0.4, -0.2) is 43.0 Å². The van der Waals surface area contributed by atoms with Gasteiger partial charge in [-0.1, -0.05) is 13.8 Å². The van der Waals surface area contributed by atoms with Crippen molar-refractivity contribution in [3.63, 3.8) is 0 Å². The van der Waals surface area contributed by atoms with E-state index in [1.54, 1.807) is 13.8 Å². The van der Waals surface area contributed by atoms with Crippen molar-refractivity contribution < 1.29 is 136 Å². The molecule has 0 aliphatic carbocycles. The van der Waals surface area contributed by atoms with Crippen LogP contribution in [0.4, 0.5) is 0 Å². The number of carbonyl (C=O) groups is 3. The zero-order valence-corrected chi connectivity index (χ0v) is 23.3. The van der Waals surface area contributed by atoms with Crippen molar-refractivity contribution in [3.8, 4) is 0 Å². The van der Waals surface area contributed by atoms with Gasteiger partial charge in [-0.2, -0.15) is 0 Å². The molecule has 0 saturated carbocycles. The summed E-state index contributed by atoms with van der Waals surface area (Å²) in [5.41, 5.74) is 0. The molecule has 26 heavy (non-hydrogen) atoms. The van der Waals surface area contributed by atoms with Gasteiger partial charge in [0.15, 0.2) is 0 Å². The molecule has 10 nitrogen and oxygen atoms in total. The van der Waals surface area contributed by atoms with E-state index < -0.39 is 44.2 Å². The van der Waals surface area contributed by atoms with Gasteiger partial charge in [0.05, 0.1) is 25.2 Å². The maximum absolute atomic E-state index is 12.2. The van der Waals surface area contributed by atoms with Gasteiger partial charge in [-0.25, -0.2) is 5.09 Å². The summed E-state index contributed by atoms with van der Waals surface area (Å²) in [5.74, 6) is -2.91. The fourth-order valence-electron chi connectivity index (χ4n) is 1.78. The topological polar surface area (TPSA) is 160 Å². The Hall–Kier alpha value is 1.79. The number of amides is 2.